The van der Waals surface area contributed by atoms with Crippen LogP contribution in [0.1, 0.15) is 16.8 Å². The fourth-order valence-corrected chi connectivity index (χ4v) is 1.48. The van der Waals surface area contributed by atoms with Crippen LogP contribution in [0.3, 0.4) is 0 Å². The summed E-state index contributed by atoms with van der Waals surface area (Å²) < 4.78 is 62.0. The number of likely N-dealkylation sites (N-methyl/N-ethyl adjacent to an activating group) is 1. The molecule has 0 unspecified atom stereocenters. The van der Waals surface area contributed by atoms with Gasteiger partial charge in [-0.25, -0.2) is 8.78 Å². The molecule has 0 radical (unpaired) electrons. The highest BCUT2D eigenvalue weighted by Gasteiger charge is 2.28. The van der Waals surface area contributed by atoms with Crippen molar-refractivity contribution in [2.24, 2.45) is 0 Å². The van der Waals surface area contributed by atoms with E-state index in [-0.39, 0.29) is 0 Å². The molecule has 0 saturated heterocycles. The molecule has 1 aromatic carbocycles. The van der Waals surface area contributed by atoms with E-state index >= 15 is 0 Å². The maximum absolute atomic E-state index is 13.3. The smallest absolute Gasteiger partial charge is 0.344 e. The molecule has 2 amide bonds. The van der Waals surface area contributed by atoms with Crippen LogP contribution in [-0.4, -0.2) is 43.0 Å². The lowest BCUT2D eigenvalue weighted by atomic mass is 10.2. The van der Waals surface area contributed by atoms with Crippen molar-refractivity contribution in [2.45, 2.75) is 12.6 Å². The molecule has 122 valence electrons. The summed E-state index contributed by atoms with van der Waals surface area (Å²) in [4.78, 5) is 23.9. The zero-order chi connectivity index (χ0) is 16.9. The standard InChI is InChI=1S/C13H13F5N2O2/c1-20(5-4-13(16,17)18)11(21)7-19-12(22)9-3-2-8(14)6-10(9)15/h2-3,6H,4-5,7H2,1H3,(H,19,22). The van der Waals surface area contributed by atoms with E-state index in [9.17, 15) is 31.5 Å². The van der Waals surface area contributed by atoms with Gasteiger partial charge in [-0.15, -0.1) is 0 Å². The van der Waals surface area contributed by atoms with Crippen molar-refractivity contribution in [2.75, 3.05) is 20.1 Å². The Balaban J connectivity index is 2.51. The van der Waals surface area contributed by atoms with Gasteiger partial charge in [0.1, 0.15) is 11.6 Å². The summed E-state index contributed by atoms with van der Waals surface area (Å²) in [6, 6.07) is 2.28. The summed E-state index contributed by atoms with van der Waals surface area (Å²) in [7, 11) is 1.15. The van der Waals surface area contributed by atoms with Gasteiger partial charge in [-0.3, -0.25) is 9.59 Å². The van der Waals surface area contributed by atoms with Crippen LogP contribution in [0.2, 0.25) is 0 Å². The number of alkyl halides is 3. The van der Waals surface area contributed by atoms with E-state index in [0.717, 1.165) is 24.1 Å². The van der Waals surface area contributed by atoms with Crippen molar-refractivity contribution in [3.05, 3.63) is 35.4 Å². The number of halogens is 5. The summed E-state index contributed by atoms with van der Waals surface area (Å²) in [5.41, 5.74) is -0.466. The van der Waals surface area contributed by atoms with E-state index < -0.39 is 54.7 Å². The van der Waals surface area contributed by atoms with Crippen LogP contribution in [-0.2, 0) is 4.79 Å². The molecule has 0 aromatic heterocycles. The maximum Gasteiger partial charge on any atom is 0.390 e. The van der Waals surface area contributed by atoms with Gasteiger partial charge < -0.3 is 10.2 Å². The quantitative estimate of drug-likeness (QED) is 0.844. The second-order valence-corrected chi connectivity index (χ2v) is 4.49. The molecule has 0 aliphatic heterocycles. The normalized spacial score (nSPS) is 11.2. The van der Waals surface area contributed by atoms with Crippen LogP contribution >= 0.6 is 0 Å². The Hall–Kier alpha value is -2.19. The number of carbonyl (C=O) groups is 2. The molecule has 1 aromatic rings. The van der Waals surface area contributed by atoms with Gasteiger partial charge in [-0.2, -0.15) is 13.2 Å². The van der Waals surface area contributed by atoms with E-state index in [4.69, 9.17) is 0 Å². The van der Waals surface area contributed by atoms with Gasteiger partial charge >= 0.3 is 6.18 Å². The van der Waals surface area contributed by atoms with E-state index in [1.165, 1.54) is 0 Å². The zero-order valence-corrected chi connectivity index (χ0v) is 11.5. The Kier molecular flexibility index (Phi) is 5.84. The lowest BCUT2D eigenvalue weighted by Crippen LogP contribution is -2.39. The largest absolute Gasteiger partial charge is 0.390 e. The average molecular weight is 324 g/mol. The third-order valence-corrected chi connectivity index (χ3v) is 2.73. The Morgan fingerprint density at radius 1 is 1.23 bits per heavy atom. The first-order valence-corrected chi connectivity index (χ1v) is 6.14. The number of amides is 2. The highest BCUT2D eigenvalue weighted by molar-refractivity contribution is 5.96. The molecule has 0 aliphatic carbocycles. The molecule has 0 heterocycles. The molecule has 0 bridgehead atoms. The first-order chi connectivity index (χ1) is 10.1. The Bertz CT molecular complexity index is 560. The molecule has 1 rings (SSSR count). The molecule has 0 fully saturated rings. The average Bonchev–Trinajstić information content (AvgIpc) is 2.40. The summed E-state index contributed by atoms with van der Waals surface area (Å²) in [5.74, 6) is -3.69. The molecule has 22 heavy (non-hydrogen) atoms. The summed E-state index contributed by atoms with van der Waals surface area (Å²) >= 11 is 0. The van der Waals surface area contributed by atoms with Crippen LogP contribution in [0.5, 0.6) is 0 Å². The van der Waals surface area contributed by atoms with Crippen LogP contribution in [0.25, 0.3) is 0 Å². The van der Waals surface area contributed by atoms with E-state index in [1.807, 2.05) is 0 Å². The lowest BCUT2D eigenvalue weighted by Gasteiger charge is -2.18. The van der Waals surface area contributed by atoms with E-state index in [1.54, 1.807) is 0 Å². The number of benzene rings is 1. The minimum atomic E-state index is -4.39. The van der Waals surface area contributed by atoms with E-state index in [0.29, 0.717) is 6.07 Å². The number of hydrogen-bond donors (Lipinski definition) is 1. The van der Waals surface area contributed by atoms with Crippen LogP contribution < -0.4 is 5.32 Å². The molecule has 9 heteroatoms. The van der Waals surface area contributed by atoms with Crippen molar-refractivity contribution < 1.29 is 31.5 Å². The van der Waals surface area contributed by atoms with Gasteiger partial charge in [0.2, 0.25) is 5.91 Å². The van der Waals surface area contributed by atoms with Gasteiger partial charge in [0.25, 0.3) is 5.91 Å². The van der Waals surface area contributed by atoms with E-state index in [2.05, 4.69) is 5.32 Å². The number of rotatable bonds is 5. The van der Waals surface area contributed by atoms with Crippen LogP contribution in [0.15, 0.2) is 18.2 Å². The molecule has 0 atom stereocenters. The zero-order valence-electron chi connectivity index (χ0n) is 11.5. The number of carbonyl (C=O) groups excluding carboxylic acids is 2. The molecular formula is C13H13F5N2O2. The third kappa shape index (κ3) is 5.66. The summed E-state index contributed by atoms with van der Waals surface area (Å²) in [6.07, 6.45) is -5.56. The van der Waals surface area contributed by atoms with Gasteiger partial charge in [-0.1, -0.05) is 0 Å². The minimum Gasteiger partial charge on any atom is -0.344 e. The lowest BCUT2D eigenvalue weighted by molar-refractivity contribution is -0.143. The monoisotopic (exact) mass is 324 g/mol. The predicted molar refractivity (Wildman–Crippen MR) is 67.0 cm³/mol. The SMILES string of the molecule is CN(CCC(F)(F)F)C(=O)CNC(=O)c1ccc(F)cc1F. The van der Waals surface area contributed by atoms with Gasteiger partial charge in [-0.05, 0) is 12.1 Å². The first-order valence-electron chi connectivity index (χ1n) is 6.14. The molecule has 0 spiro atoms. The van der Waals surface area contributed by atoms with Crippen molar-refractivity contribution in [1.29, 1.82) is 0 Å². The van der Waals surface area contributed by atoms with Gasteiger partial charge in [0.05, 0.1) is 18.5 Å². The van der Waals surface area contributed by atoms with Crippen molar-refractivity contribution >= 4 is 11.8 Å². The van der Waals surface area contributed by atoms with Crippen molar-refractivity contribution in [1.82, 2.24) is 10.2 Å². The van der Waals surface area contributed by atoms with Crippen LogP contribution in [0, 0.1) is 11.6 Å². The second-order valence-electron chi connectivity index (χ2n) is 4.49. The van der Waals surface area contributed by atoms with Gasteiger partial charge in [0.15, 0.2) is 0 Å². The topological polar surface area (TPSA) is 49.4 Å². The molecular weight excluding hydrogens is 311 g/mol. The summed E-state index contributed by atoms with van der Waals surface area (Å²) in [5, 5.41) is 2.06. The highest BCUT2D eigenvalue weighted by Crippen LogP contribution is 2.19. The van der Waals surface area contributed by atoms with Gasteiger partial charge in [0, 0.05) is 19.7 Å². The van der Waals surface area contributed by atoms with Crippen molar-refractivity contribution in [3.63, 3.8) is 0 Å². The maximum atomic E-state index is 13.3. The van der Waals surface area contributed by atoms with Crippen molar-refractivity contribution in [3.8, 4) is 0 Å². The Labute approximate surface area is 122 Å². The minimum absolute atomic E-state index is 0.466. The third-order valence-electron chi connectivity index (χ3n) is 2.73. The molecule has 0 aliphatic rings. The summed E-state index contributed by atoms with van der Waals surface area (Å²) in [6.45, 7) is -1.15. The van der Waals surface area contributed by atoms with Crippen LogP contribution in [0.4, 0.5) is 22.0 Å². The number of nitrogens with zero attached hydrogens (tertiary/aromatic N) is 1. The Morgan fingerprint density at radius 2 is 1.86 bits per heavy atom. The number of nitrogens with one attached hydrogen (secondary N) is 1. The first kappa shape index (κ1) is 17.9. The molecule has 4 nitrogen and oxygen atoms in total. The Morgan fingerprint density at radius 3 is 2.41 bits per heavy atom. The fraction of sp³-hybridized carbons (Fsp3) is 0.385. The highest BCUT2D eigenvalue weighted by atomic mass is 19.4. The number of hydrogen-bond acceptors (Lipinski definition) is 2. The fourth-order valence-electron chi connectivity index (χ4n) is 1.48. The molecule has 0 saturated carbocycles. The predicted octanol–water partition coefficient (Wildman–Crippen LogP) is 2.11. The second kappa shape index (κ2) is 7.19. The molecule has 1 N–H and O–H groups in total.